The van der Waals surface area contributed by atoms with Crippen molar-refractivity contribution in [3.05, 3.63) is 95.8 Å². The summed E-state index contributed by atoms with van der Waals surface area (Å²) in [4.78, 5) is 36.5. The summed E-state index contributed by atoms with van der Waals surface area (Å²) in [5, 5.41) is 0. The van der Waals surface area contributed by atoms with Gasteiger partial charge in [-0.15, -0.1) is 13.2 Å². The second kappa shape index (κ2) is 15.1. The van der Waals surface area contributed by atoms with Gasteiger partial charge in [-0.2, -0.15) is 0 Å². The van der Waals surface area contributed by atoms with Crippen molar-refractivity contribution in [3.63, 3.8) is 0 Å². The van der Waals surface area contributed by atoms with Gasteiger partial charge in [0.1, 0.15) is 35.3 Å². The second-order valence-corrected chi connectivity index (χ2v) is 12.6. The molecule has 1 aliphatic carbocycles. The number of methoxy groups -OCH3 is 1. The first-order valence-corrected chi connectivity index (χ1v) is 16.0. The molecule has 0 bridgehead atoms. The Hall–Kier alpha value is -5.33. The van der Waals surface area contributed by atoms with E-state index in [4.69, 9.17) is 23.9 Å². The Morgan fingerprint density at radius 3 is 2.34 bits per heavy atom. The number of aromatic nitrogens is 2. The highest BCUT2D eigenvalue weighted by Gasteiger charge is 2.47. The fourth-order valence-corrected chi connectivity index (χ4v) is 5.18. The zero-order valence-electron chi connectivity index (χ0n) is 28.3. The van der Waals surface area contributed by atoms with Gasteiger partial charge in [-0.25, -0.2) is 14.8 Å². The van der Waals surface area contributed by atoms with E-state index >= 15 is 0 Å². The molecule has 1 unspecified atom stereocenters. The Morgan fingerprint density at radius 1 is 0.940 bits per heavy atom. The van der Waals surface area contributed by atoms with Gasteiger partial charge in [0.2, 0.25) is 0 Å². The van der Waals surface area contributed by atoms with Crippen LogP contribution in [0, 0.1) is 5.92 Å². The third-order valence-electron chi connectivity index (χ3n) is 7.58. The maximum atomic E-state index is 13.3. The summed E-state index contributed by atoms with van der Waals surface area (Å²) < 4.78 is 64.9. The minimum atomic E-state index is -4.87. The Morgan fingerprint density at radius 2 is 1.70 bits per heavy atom. The van der Waals surface area contributed by atoms with Crippen LogP contribution in [0.5, 0.6) is 17.2 Å². The van der Waals surface area contributed by atoms with Crippen molar-refractivity contribution in [3.8, 4) is 28.5 Å². The Kier molecular flexibility index (Phi) is 10.8. The molecule has 13 heteroatoms. The molecule has 0 spiro atoms. The first kappa shape index (κ1) is 36.0. The summed E-state index contributed by atoms with van der Waals surface area (Å²) in [5.41, 5.74) is 2.24. The average molecular weight is 694 g/mol. The largest absolute Gasteiger partial charge is 0.573 e. The highest BCUT2D eigenvalue weighted by atomic mass is 19.4. The standard InChI is InChI=1S/C37H38F3N3O7/c1-6-47-34(44)29-19-28(29)33-31(48-22-23-10-13-26(46-5)14-11-23)16-15-30(42-33)25-12-17-32(41-20-25)43(35(45)50-36(2,3)4)21-24-8-7-9-27(18-24)49-37(38,39)40/h7-18,20,28-29H,6,19,21-22H2,1-5H3/t28?,29-/m1/s1. The molecule has 2 aromatic carbocycles. The summed E-state index contributed by atoms with van der Waals surface area (Å²) >= 11 is 0. The lowest BCUT2D eigenvalue weighted by molar-refractivity contribution is -0.274. The van der Waals surface area contributed by atoms with E-state index in [-0.39, 0.29) is 43.4 Å². The molecule has 50 heavy (non-hydrogen) atoms. The fourth-order valence-electron chi connectivity index (χ4n) is 5.18. The number of carbonyl (C=O) groups is 2. The van der Waals surface area contributed by atoms with E-state index < -0.39 is 23.8 Å². The summed E-state index contributed by atoms with van der Waals surface area (Å²) in [7, 11) is 1.60. The van der Waals surface area contributed by atoms with E-state index in [1.165, 1.54) is 29.3 Å². The number of alkyl halides is 3. The van der Waals surface area contributed by atoms with E-state index in [9.17, 15) is 22.8 Å². The van der Waals surface area contributed by atoms with Crippen LogP contribution >= 0.6 is 0 Å². The molecule has 264 valence electrons. The first-order valence-electron chi connectivity index (χ1n) is 16.0. The predicted molar refractivity (Wildman–Crippen MR) is 178 cm³/mol. The van der Waals surface area contributed by atoms with Crippen molar-refractivity contribution < 1.29 is 46.4 Å². The van der Waals surface area contributed by atoms with Crippen LogP contribution in [0.15, 0.2) is 79.0 Å². The molecule has 1 fully saturated rings. The minimum absolute atomic E-state index is 0.143. The monoisotopic (exact) mass is 693 g/mol. The lowest BCUT2D eigenvalue weighted by Gasteiger charge is -2.27. The number of carbonyl (C=O) groups excluding carboxylic acids is 2. The number of halogens is 3. The summed E-state index contributed by atoms with van der Waals surface area (Å²) in [6, 6.07) is 19.8. The number of ether oxygens (including phenoxy) is 5. The van der Waals surface area contributed by atoms with Crippen molar-refractivity contribution in [2.75, 3.05) is 18.6 Å². The molecule has 2 heterocycles. The van der Waals surface area contributed by atoms with Crippen LogP contribution in [-0.2, 0) is 27.4 Å². The smallest absolute Gasteiger partial charge is 0.497 e. The second-order valence-electron chi connectivity index (χ2n) is 12.6. The van der Waals surface area contributed by atoms with Crippen LogP contribution in [0.25, 0.3) is 11.3 Å². The van der Waals surface area contributed by atoms with Gasteiger partial charge >= 0.3 is 18.4 Å². The molecule has 0 saturated heterocycles. The maximum absolute atomic E-state index is 13.3. The number of rotatable bonds is 12. The van der Waals surface area contributed by atoms with E-state index in [0.29, 0.717) is 34.7 Å². The van der Waals surface area contributed by atoms with Crippen LogP contribution in [0.1, 0.15) is 56.9 Å². The lowest BCUT2D eigenvalue weighted by atomic mass is 10.1. The number of esters is 1. The fraction of sp³-hybridized carbons (Fsp3) is 0.351. The van der Waals surface area contributed by atoms with Gasteiger partial charge in [-0.3, -0.25) is 9.69 Å². The topological polar surface area (TPSA) is 109 Å². The molecule has 2 atom stereocenters. The summed E-state index contributed by atoms with van der Waals surface area (Å²) in [6.07, 6.45) is -3.49. The Labute approximate surface area is 288 Å². The average Bonchev–Trinajstić information content (AvgIpc) is 3.87. The van der Waals surface area contributed by atoms with Crippen LogP contribution in [0.4, 0.5) is 23.8 Å². The molecule has 1 amide bonds. The zero-order valence-corrected chi connectivity index (χ0v) is 28.3. The molecule has 0 radical (unpaired) electrons. The zero-order chi connectivity index (χ0) is 36.1. The quantitative estimate of drug-likeness (QED) is 0.136. The predicted octanol–water partition coefficient (Wildman–Crippen LogP) is 8.24. The van der Waals surface area contributed by atoms with Gasteiger partial charge in [0.15, 0.2) is 0 Å². The maximum Gasteiger partial charge on any atom is 0.573 e. The number of anilines is 1. The van der Waals surface area contributed by atoms with Crippen LogP contribution in [0.3, 0.4) is 0 Å². The number of pyridine rings is 2. The molecule has 10 nitrogen and oxygen atoms in total. The third-order valence-corrected chi connectivity index (χ3v) is 7.58. The van der Waals surface area contributed by atoms with Crippen molar-refractivity contribution in [1.29, 1.82) is 0 Å². The van der Waals surface area contributed by atoms with Gasteiger partial charge in [-0.1, -0.05) is 24.3 Å². The molecule has 0 aliphatic heterocycles. The van der Waals surface area contributed by atoms with Crippen LogP contribution in [0.2, 0.25) is 0 Å². The van der Waals surface area contributed by atoms with Gasteiger partial charge in [0.25, 0.3) is 0 Å². The van der Waals surface area contributed by atoms with Gasteiger partial charge in [0, 0.05) is 17.7 Å². The Bertz CT molecular complexity index is 1790. The SMILES string of the molecule is CCOC(=O)[C@@H]1CC1c1nc(-c2ccc(N(Cc3cccc(OC(F)(F)F)c3)C(=O)OC(C)(C)C)nc2)ccc1OCc1ccc(OC)cc1. The molecular weight excluding hydrogens is 655 g/mol. The number of hydrogen-bond acceptors (Lipinski definition) is 9. The molecule has 1 aliphatic rings. The number of hydrogen-bond donors (Lipinski definition) is 0. The number of benzene rings is 2. The van der Waals surface area contributed by atoms with Crippen molar-refractivity contribution in [2.24, 2.45) is 5.92 Å². The first-order chi connectivity index (χ1) is 23.7. The molecule has 0 N–H and O–H groups in total. The highest BCUT2D eigenvalue weighted by molar-refractivity contribution is 5.87. The molecule has 4 aromatic rings. The van der Waals surface area contributed by atoms with E-state index in [1.54, 1.807) is 65.1 Å². The van der Waals surface area contributed by atoms with Crippen molar-refractivity contribution >= 4 is 17.9 Å². The van der Waals surface area contributed by atoms with Gasteiger partial charge in [0.05, 0.1) is 37.6 Å². The van der Waals surface area contributed by atoms with E-state index in [2.05, 4.69) is 9.72 Å². The summed E-state index contributed by atoms with van der Waals surface area (Å²) in [6.45, 7) is 7.29. The number of nitrogens with zero attached hydrogens (tertiary/aromatic N) is 3. The molecule has 5 rings (SSSR count). The normalized spacial score (nSPS) is 15.5. The molecule has 1 saturated carbocycles. The van der Waals surface area contributed by atoms with E-state index in [0.717, 1.165) is 11.3 Å². The van der Waals surface area contributed by atoms with Crippen molar-refractivity contribution in [1.82, 2.24) is 9.97 Å². The van der Waals surface area contributed by atoms with E-state index in [1.807, 2.05) is 24.3 Å². The molecular formula is C37H38F3N3O7. The van der Waals surface area contributed by atoms with Crippen LogP contribution in [-0.4, -0.2) is 47.7 Å². The molecule has 2 aromatic heterocycles. The lowest BCUT2D eigenvalue weighted by Crippen LogP contribution is -2.37. The van der Waals surface area contributed by atoms with Crippen molar-refractivity contribution in [2.45, 2.75) is 65.1 Å². The highest BCUT2D eigenvalue weighted by Crippen LogP contribution is 2.50. The van der Waals surface area contributed by atoms with Gasteiger partial charge in [-0.05, 0) is 93.8 Å². The Balaban J connectivity index is 1.41. The minimum Gasteiger partial charge on any atom is -0.497 e. The third kappa shape index (κ3) is 9.64. The van der Waals surface area contributed by atoms with Crippen LogP contribution < -0.4 is 19.1 Å². The van der Waals surface area contributed by atoms with Gasteiger partial charge < -0.3 is 23.7 Å². The number of amides is 1. The summed E-state index contributed by atoms with van der Waals surface area (Å²) in [5.74, 6) is 0.259.